The smallest absolute Gasteiger partial charge is 0.228 e. The van der Waals surface area contributed by atoms with Crippen molar-refractivity contribution in [3.05, 3.63) is 53.6 Å². The van der Waals surface area contributed by atoms with Gasteiger partial charge in [-0.25, -0.2) is 4.98 Å². The molecule has 28 heavy (non-hydrogen) atoms. The molecule has 0 saturated carbocycles. The van der Waals surface area contributed by atoms with Crippen LogP contribution in [-0.2, 0) is 24.8 Å². The predicted octanol–water partition coefficient (Wildman–Crippen LogP) is 4.22. The summed E-state index contributed by atoms with van der Waals surface area (Å²) in [6.45, 7) is 9.20. The number of nitrogens with zero attached hydrogens (tertiary/aromatic N) is 4. The van der Waals surface area contributed by atoms with Crippen LogP contribution in [0.2, 0.25) is 0 Å². The number of aromatic nitrogens is 4. The van der Waals surface area contributed by atoms with Crippen molar-refractivity contribution >= 4 is 23.4 Å². The van der Waals surface area contributed by atoms with Gasteiger partial charge in [-0.1, -0.05) is 25.6 Å². The zero-order chi connectivity index (χ0) is 20.3. The quantitative estimate of drug-likeness (QED) is 0.648. The van der Waals surface area contributed by atoms with Crippen molar-refractivity contribution in [3.63, 3.8) is 0 Å². The van der Waals surface area contributed by atoms with Crippen molar-refractivity contribution in [2.75, 3.05) is 5.32 Å². The van der Waals surface area contributed by atoms with Crippen LogP contribution < -0.4 is 5.32 Å². The standard InChI is InChI=1S/C21H27N5OS/c1-14(2)13-26-16(4)19(15(3)24-26)12-20(27)23-17-6-8-18(9-7-17)28-21-22-10-11-25(21)5/h6-11,14H,12-13H2,1-5H3,(H,23,27). The van der Waals surface area contributed by atoms with E-state index in [1.165, 1.54) is 0 Å². The Bertz CT molecular complexity index is 956. The Morgan fingerprint density at radius 2 is 1.93 bits per heavy atom. The summed E-state index contributed by atoms with van der Waals surface area (Å²) in [5.74, 6) is 0.488. The molecular formula is C21H27N5OS. The van der Waals surface area contributed by atoms with E-state index in [9.17, 15) is 4.79 Å². The van der Waals surface area contributed by atoms with Gasteiger partial charge in [0.05, 0.1) is 12.1 Å². The van der Waals surface area contributed by atoms with Crippen LogP contribution in [-0.4, -0.2) is 25.2 Å². The average molecular weight is 398 g/mol. The molecule has 7 heteroatoms. The van der Waals surface area contributed by atoms with Crippen molar-refractivity contribution in [1.29, 1.82) is 0 Å². The second-order valence-electron chi connectivity index (χ2n) is 7.40. The SMILES string of the molecule is Cc1nn(CC(C)C)c(C)c1CC(=O)Nc1ccc(Sc2nccn2C)cc1. The average Bonchev–Trinajstić information content (AvgIpc) is 3.14. The molecule has 2 aromatic heterocycles. The second-order valence-corrected chi connectivity index (χ2v) is 8.44. The van der Waals surface area contributed by atoms with Crippen molar-refractivity contribution in [2.45, 2.75) is 50.7 Å². The topological polar surface area (TPSA) is 64.7 Å². The van der Waals surface area contributed by atoms with Crippen molar-refractivity contribution in [3.8, 4) is 0 Å². The highest BCUT2D eigenvalue weighted by molar-refractivity contribution is 7.99. The van der Waals surface area contributed by atoms with Gasteiger partial charge in [-0.05, 0) is 44.0 Å². The first-order chi connectivity index (χ1) is 13.3. The summed E-state index contributed by atoms with van der Waals surface area (Å²) in [6, 6.07) is 7.83. The maximum absolute atomic E-state index is 12.5. The molecule has 0 atom stereocenters. The Kier molecular flexibility index (Phi) is 6.24. The number of carbonyl (C=O) groups is 1. The van der Waals surface area contributed by atoms with E-state index in [0.717, 1.165) is 39.2 Å². The van der Waals surface area contributed by atoms with Crippen LogP contribution in [0.15, 0.2) is 46.7 Å². The monoisotopic (exact) mass is 397 g/mol. The molecule has 3 rings (SSSR count). The third kappa shape index (κ3) is 4.84. The maximum Gasteiger partial charge on any atom is 0.228 e. The Balaban J connectivity index is 1.62. The number of aryl methyl sites for hydroxylation is 2. The summed E-state index contributed by atoms with van der Waals surface area (Å²) < 4.78 is 3.98. The summed E-state index contributed by atoms with van der Waals surface area (Å²) in [5.41, 5.74) is 3.80. The number of rotatable bonds is 7. The fraction of sp³-hybridized carbons (Fsp3) is 0.381. The van der Waals surface area contributed by atoms with E-state index in [0.29, 0.717) is 12.3 Å². The lowest BCUT2D eigenvalue weighted by Crippen LogP contribution is -2.15. The van der Waals surface area contributed by atoms with Gasteiger partial charge in [0, 0.05) is 47.8 Å². The third-order valence-electron chi connectivity index (χ3n) is 4.53. The molecule has 148 valence electrons. The molecule has 0 unspecified atom stereocenters. The highest BCUT2D eigenvalue weighted by atomic mass is 32.2. The lowest BCUT2D eigenvalue weighted by molar-refractivity contribution is -0.115. The molecule has 0 radical (unpaired) electrons. The number of nitrogens with one attached hydrogen (secondary N) is 1. The van der Waals surface area contributed by atoms with Crippen LogP contribution in [0.4, 0.5) is 5.69 Å². The molecule has 2 heterocycles. The number of anilines is 1. The summed E-state index contributed by atoms with van der Waals surface area (Å²) in [5, 5.41) is 8.51. The molecule has 6 nitrogen and oxygen atoms in total. The summed E-state index contributed by atoms with van der Waals surface area (Å²) in [4.78, 5) is 17.9. The van der Waals surface area contributed by atoms with Gasteiger partial charge in [0.2, 0.25) is 5.91 Å². The molecule has 0 aliphatic rings. The second kappa shape index (κ2) is 8.65. The molecule has 1 aromatic carbocycles. The lowest BCUT2D eigenvalue weighted by Gasteiger charge is -2.09. The fourth-order valence-corrected chi connectivity index (χ4v) is 3.84. The summed E-state index contributed by atoms with van der Waals surface area (Å²) in [6.07, 6.45) is 4.04. The molecule has 0 aliphatic carbocycles. The molecule has 0 spiro atoms. The highest BCUT2D eigenvalue weighted by Gasteiger charge is 2.15. The van der Waals surface area contributed by atoms with E-state index in [-0.39, 0.29) is 5.91 Å². The first-order valence-corrected chi connectivity index (χ1v) is 10.2. The van der Waals surface area contributed by atoms with E-state index < -0.39 is 0 Å². The van der Waals surface area contributed by atoms with E-state index in [4.69, 9.17) is 0 Å². The Morgan fingerprint density at radius 3 is 2.54 bits per heavy atom. The number of carbonyl (C=O) groups excluding carboxylic acids is 1. The molecule has 1 N–H and O–H groups in total. The first-order valence-electron chi connectivity index (χ1n) is 9.41. The first kappa shape index (κ1) is 20.2. The molecular weight excluding hydrogens is 370 g/mol. The van der Waals surface area contributed by atoms with Gasteiger partial charge in [-0.3, -0.25) is 9.48 Å². The summed E-state index contributed by atoms with van der Waals surface area (Å²) in [7, 11) is 1.97. The minimum Gasteiger partial charge on any atom is -0.329 e. The van der Waals surface area contributed by atoms with E-state index in [1.54, 1.807) is 18.0 Å². The van der Waals surface area contributed by atoms with Crippen LogP contribution in [0.25, 0.3) is 0 Å². The molecule has 3 aromatic rings. The number of hydrogen-bond donors (Lipinski definition) is 1. The van der Waals surface area contributed by atoms with E-state index in [2.05, 4.69) is 29.2 Å². The van der Waals surface area contributed by atoms with Gasteiger partial charge in [0.25, 0.3) is 0 Å². The van der Waals surface area contributed by atoms with Crippen LogP contribution >= 0.6 is 11.8 Å². The largest absolute Gasteiger partial charge is 0.329 e. The van der Waals surface area contributed by atoms with Crippen molar-refractivity contribution in [1.82, 2.24) is 19.3 Å². The van der Waals surface area contributed by atoms with E-state index >= 15 is 0 Å². The van der Waals surface area contributed by atoms with Gasteiger partial charge in [-0.15, -0.1) is 0 Å². The molecule has 0 saturated heterocycles. The number of amides is 1. The molecule has 0 aliphatic heterocycles. The van der Waals surface area contributed by atoms with Gasteiger partial charge in [0.15, 0.2) is 5.16 Å². The molecule has 0 bridgehead atoms. The lowest BCUT2D eigenvalue weighted by atomic mass is 10.1. The van der Waals surface area contributed by atoms with E-state index in [1.807, 2.05) is 60.6 Å². The number of imidazole rings is 1. The molecule has 1 amide bonds. The Labute approximate surface area is 170 Å². The molecule has 0 fully saturated rings. The minimum absolute atomic E-state index is 0.0280. The van der Waals surface area contributed by atoms with Gasteiger partial charge in [0.1, 0.15) is 0 Å². The van der Waals surface area contributed by atoms with Gasteiger partial charge < -0.3 is 9.88 Å². The third-order valence-corrected chi connectivity index (χ3v) is 5.61. The van der Waals surface area contributed by atoms with Gasteiger partial charge >= 0.3 is 0 Å². The summed E-state index contributed by atoms with van der Waals surface area (Å²) >= 11 is 1.59. The number of hydrogen-bond acceptors (Lipinski definition) is 4. The number of benzene rings is 1. The fourth-order valence-electron chi connectivity index (χ4n) is 3.04. The maximum atomic E-state index is 12.5. The van der Waals surface area contributed by atoms with Crippen molar-refractivity contribution < 1.29 is 4.79 Å². The van der Waals surface area contributed by atoms with Crippen LogP contribution in [0.1, 0.15) is 30.8 Å². The van der Waals surface area contributed by atoms with Gasteiger partial charge in [-0.2, -0.15) is 5.10 Å². The minimum atomic E-state index is -0.0280. The van der Waals surface area contributed by atoms with Crippen LogP contribution in [0.3, 0.4) is 0 Å². The Hall–Kier alpha value is -2.54. The zero-order valence-corrected chi connectivity index (χ0v) is 17.9. The Morgan fingerprint density at radius 1 is 1.21 bits per heavy atom. The highest BCUT2D eigenvalue weighted by Crippen LogP contribution is 2.27. The normalized spacial score (nSPS) is 11.2. The van der Waals surface area contributed by atoms with Crippen LogP contribution in [0.5, 0.6) is 0 Å². The van der Waals surface area contributed by atoms with Crippen LogP contribution in [0, 0.1) is 19.8 Å². The van der Waals surface area contributed by atoms with Crippen molar-refractivity contribution in [2.24, 2.45) is 13.0 Å². The predicted molar refractivity (Wildman–Crippen MR) is 113 cm³/mol. The zero-order valence-electron chi connectivity index (χ0n) is 17.1.